The van der Waals surface area contributed by atoms with Gasteiger partial charge in [-0.1, -0.05) is 19.4 Å². The van der Waals surface area contributed by atoms with Crippen molar-refractivity contribution in [1.82, 2.24) is 9.97 Å². The molecule has 0 aliphatic rings. The van der Waals surface area contributed by atoms with Crippen LogP contribution in [0.25, 0.3) is 0 Å². The number of aromatic amines is 1. The fraction of sp³-hybridized carbons (Fsp3) is 0.462. The second-order valence-corrected chi connectivity index (χ2v) is 5.64. The van der Waals surface area contributed by atoms with Crippen molar-refractivity contribution in [2.45, 2.75) is 33.2 Å². The molecular weight excluding hydrogens is 276 g/mol. The number of aryl methyl sites for hydroxylation is 1. The van der Waals surface area contributed by atoms with Crippen LogP contribution < -0.4 is 4.90 Å². The molecule has 0 aliphatic carbocycles. The minimum atomic E-state index is -0.400. The predicted molar refractivity (Wildman–Crippen MR) is 80.3 cm³/mol. The molecule has 0 amide bonds. The number of nitrogens with one attached hydrogen (secondary N) is 1. The van der Waals surface area contributed by atoms with Crippen molar-refractivity contribution >= 4 is 23.0 Å². The Kier molecular flexibility index (Phi) is 4.73. The molecule has 0 atom stereocenters. The fourth-order valence-corrected chi connectivity index (χ4v) is 2.73. The van der Waals surface area contributed by atoms with Crippen LogP contribution >= 0.6 is 11.3 Å². The maximum atomic E-state index is 11.1. The van der Waals surface area contributed by atoms with Crippen LogP contribution in [0.2, 0.25) is 0 Å². The highest BCUT2D eigenvalue weighted by atomic mass is 32.1. The average Bonchev–Trinajstić information content (AvgIpc) is 3.03. The number of imidazole rings is 1. The van der Waals surface area contributed by atoms with Crippen molar-refractivity contribution in [3.63, 3.8) is 0 Å². The summed E-state index contributed by atoms with van der Waals surface area (Å²) in [6.45, 7) is 5.26. The summed E-state index contributed by atoms with van der Waals surface area (Å²) < 4.78 is 0. The zero-order valence-electron chi connectivity index (χ0n) is 11.6. The van der Waals surface area contributed by atoms with E-state index in [0.29, 0.717) is 18.2 Å². The molecule has 0 aromatic carbocycles. The molecule has 0 aliphatic heterocycles. The van der Waals surface area contributed by atoms with Gasteiger partial charge < -0.3 is 15.0 Å². The van der Waals surface area contributed by atoms with E-state index in [-0.39, 0.29) is 5.82 Å². The Labute approximate surface area is 121 Å². The molecule has 2 aromatic rings. The first kappa shape index (κ1) is 14.5. The Hall–Kier alpha value is -1.89. The second kappa shape index (κ2) is 6.51. The van der Waals surface area contributed by atoms with Gasteiger partial charge in [0.1, 0.15) is 0 Å². The lowest BCUT2D eigenvalue weighted by Gasteiger charge is -2.20. The summed E-state index contributed by atoms with van der Waals surface area (Å²) in [5, 5.41) is 13.1. The molecule has 0 saturated carbocycles. The Morgan fingerprint density at radius 1 is 1.55 bits per heavy atom. The number of aromatic nitrogens is 2. The zero-order valence-corrected chi connectivity index (χ0v) is 12.4. The third-order valence-electron chi connectivity index (χ3n) is 2.98. The average molecular weight is 294 g/mol. The summed E-state index contributed by atoms with van der Waals surface area (Å²) in [5.41, 5.74) is 0. The molecule has 0 saturated heterocycles. The quantitative estimate of drug-likeness (QED) is 0.626. The molecule has 20 heavy (non-hydrogen) atoms. The number of thiophene rings is 1. The molecule has 0 radical (unpaired) electrons. The lowest BCUT2D eigenvalue weighted by atomic mass is 10.3. The van der Waals surface area contributed by atoms with Crippen molar-refractivity contribution < 1.29 is 4.92 Å². The van der Waals surface area contributed by atoms with Crippen molar-refractivity contribution in [2.24, 2.45) is 0 Å². The number of nitro groups is 1. The Morgan fingerprint density at radius 2 is 2.35 bits per heavy atom. The van der Waals surface area contributed by atoms with Crippen LogP contribution in [0.1, 0.15) is 30.5 Å². The normalized spacial score (nSPS) is 10.7. The molecule has 0 unspecified atom stereocenters. The largest absolute Gasteiger partial charge is 0.365 e. The topological polar surface area (TPSA) is 75.1 Å². The Morgan fingerprint density at radius 3 is 2.95 bits per heavy atom. The lowest BCUT2D eigenvalue weighted by molar-refractivity contribution is -0.388. The van der Waals surface area contributed by atoms with E-state index in [1.807, 2.05) is 22.4 Å². The molecule has 6 nitrogen and oxygen atoms in total. The van der Waals surface area contributed by atoms with Gasteiger partial charge in [0.15, 0.2) is 5.82 Å². The van der Waals surface area contributed by atoms with Crippen LogP contribution in [0.15, 0.2) is 17.5 Å². The monoisotopic (exact) mass is 294 g/mol. The van der Waals surface area contributed by atoms with Gasteiger partial charge in [-0.05, 0) is 22.8 Å². The van der Waals surface area contributed by atoms with E-state index in [9.17, 15) is 10.1 Å². The molecular formula is C13H18N4O2S. The van der Waals surface area contributed by atoms with E-state index in [1.54, 1.807) is 18.3 Å². The molecule has 0 bridgehead atoms. The minimum Gasteiger partial charge on any atom is -0.358 e. The van der Waals surface area contributed by atoms with Gasteiger partial charge in [-0.2, -0.15) is 4.98 Å². The van der Waals surface area contributed by atoms with Crippen molar-refractivity contribution in [3.8, 4) is 0 Å². The number of rotatable bonds is 7. The molecule has 7 heteroatoms. The predicted octanol–water partition coefficient (Wildman–Crippen LogP) is 3.49. The van der Waals surface area contributed by atoms with Crippen LogP contribution in [0.5, 0.6) is 0 Å². The number of hydrogen-bond donors (Lipinski definition) is 1. The van der Waals surface area contributed by atoms with E-state index in [1.165, 1.54) is 4.88 Å². The van der Waals surface area contributed by atoms with Gasteiger partial charge in [0.05, 0.1) is 6.54 Å². The van der Waals surface area contributed by atoms with Crippen molar-refractivity contribution in [2.75, 3.05) is 11.4 Å². The summed E-state index contributed by atoms with van der Waals surface area (Å²) >= 11 is 1.65. The van der Waals surface area contributed by atoms with E-state index in [2.05, 4.69) is 16.9 Å². The molecule has 2 rings (SSSR count). The highest BCUT2D eigenvalue weighted by Crippen LogP contribution is 2.27. The molecule has 108 valence electrons. The highest BCUT2D eigenvalue weighted by molar-refractivity contribution is 7.09. The standard InChI is InChI=1S/C13H18N4O2S/c1-3-4-7-16(9-11-6-5-8-20-11)12-13(17(18)19)15-10(2)14-12/h5-6,8H,3-4,7,9H2,1-2H3,(H,14,15). The molecule has 1 N–H and O–H groups in total. The third kappa shape index (κ3) is 3.36. The minimum absolute atomic E-state index is 0.0184. The smallest absolute Gasteiger partial charge is 0.358 e. The summed E-state index contributed by atoms with van der Waals surface area (Å²) in [5.74, 6) is 0.990. The van der Waals surface area contributed by atoms with Crippen LogP contribution in [-0.4, -0.2) is 21.4 Å². The summed E-state index contributed by atoms with van der Waals surface area (Å²) in [6, 6.07) is 4.02. The first-order valence-electron chi connectivity index (χ1n) is 6.60. The molecule has 0 fully saturated rings. The van der Waals surface area contributed by atoms with Gasteiger partial charge in [-0.25, -0.2) is 4.98 Å². The lowest BCUT2D eigenvalue weighted by Crippen LogP contribution is -2.24. The van der Waals surface area contributed by atoms with Gasteiger partial charge >= 0.3 is 5.82 Å². The van der Waals surface area contributed by atoms with Crippen LogP contribution in [0.4, 0.5) is 11.6 Å². The zero-order chi connectivity index (χ0) is 14.5. The van der Waals surface area contributed by atoms with E-state index in [0.717, 1.165) is 19.4 Å². The van der Waals surface area contributed by atoms with Gasteiger partial charge in [0, 0.05) is 18.3 Å². The van der Waals surface area contributed by atoms with E-state index >= 15 is 0 Å². The highest BCUT2D eigenvalue weighted by Gasteiger charge is 2.23. The van der Waals surface area contributed by atoms with Gasteiger partial charge in [0.2, 0.25) is 5.82 Å². The van der Waals surface area contributed by atoms with Crippen molar-refractivity contribution in [3.05, 3.63) is 38.3 Å². The Balaban J connectivity index is 2.27. The summed E-state index contributed by atoms with van der Waals surface area (Å²) in [6.07, 6.45) is 2.02. The molecule has 2 heterocycles. The van der Waals surface area contributed by atoms with Crippen LogP contribution in [0.3, 0.4) is 0 Å². The maximum Gasteiger partial charge on any atom is 0.365 e. The maximum absolute atomic E-state index is 11.1. The summed E-state index contributed by atoms with van der Waals surface area (Å²) in [4.78, 5) is 20.9. The van der Waals surface area contributed by atoms with Gasteiger partial charge in [-0.3, -0.25) is 0 Å². The first-order valence-corrected chi connectivity index (χ1v) is 7.48. The van der Waals surface area contributed by atoms with Crippen LogP contribution in [0, 0.1) is 17.0 Å². The summed E-state index contributed by atoms with van der Waals surface area (Å²) in [7, 11) is 0. The van der Waals surface area contributed by atoms with Crippen molar-refractivity contribution in [1.29, 1.82) is 0 Å². The molecule has 2 aromatic heterocycles. The van der Waals surface area contributed by atoms with E-state index in [4.69, 9.17) is 0 Å². The number of H-pyrrole nitrogens is 1. The number of unbranched alkanes of at least 4 members (excludes halogenated alkanes) is 1. The number of hydrogen-bond acceptors (Lipinski definition) is 5. The van der Waals surface area contributed by atoms with Crippen LogP contribution in [-0.2, 0) is 6.54 Å². The Bertz CT molecular complexity index is 565. The SMILES string of the molecule is CCCCN(Cc1cccs1)c1nc(C)[nH]c1[N+](=O)[O-]. The number of anilines is 1. The second-order valence-electron chi connectivity index (χ2n) is 4.61. The third-order valence-corrected chi connectivity index (χ3v) is 3.84. The first-order chi connectivity index (χ1) is 9.61. The van der Waals surface area contributed by atoms with Gasteiger partial charge in [0.25, 0.3) is 0 Å². The van der Waals surface area contributed by atoms with Gasteiger partial charge in [-0.15, -0.1) is 11.3 Å². The fourth-order valence-electron chi connectivity index (χ4n) is 2.01. The number of nitrogens with zero attached hydrogens (tertiary/aromatic N) is 3. The van der Waals surface area contributed by atoms with E-state index < -0.39 is 4.92 Å². The molecule has 0 spiro atoms.